The van der Waals surface area contributed by atoms with Crippen LogP contribution in [0.3, 0.4) is 0 Å². The fourth-order valence-electron chi connectivity index (χ4n) is 3.37. The summed E-state index contributed by atoms with van der Waals surface area (Å²) in [6.07, 6.45) is 0.0769. The van der Waals surface area contributed by atoms with Gasteiger partial charge in [0.25, 0.3) is 11.8 Å². The number of hydrogen-bond acceptors (Lipinski definition) is 5. The van der Waals surface area contributed by atoms with Gasteiger partial charge >= 0.3 is 0 Å². The first kappa shape index (κ1) is 19.1. The van der Waals surface area contributed by atoms with Gasteiger partial charge in [-0.25, -0.2) is 0 Å². The maximum atomic E-state index is 12.7. The Morgan fingerprint density at radius 3 is 2.33 bits per heavy atom. The molecule has 144 valence electrons. The zero-order valence-electron chi connectivity index (χ0n) is 16.1. The molecule has 3 rings (SSSR count). The van der Waals surface area contributed by atoms with Gasteiger partial charge in [-0.15, -0.1) is 0 Å². The summed E-state index contributed by atoms with van der Waals surface area (Å²) >= 11 is 0. The molecule has 0 spiro atoms. The van der Waals surface area contributed by atoms with Crippen LogP contribution in [0.5, 0.6) is 0 Å². The molecule has 0 radical (unpaired) electrons. The van der Waals surface area contributed by atoms with Crippen LogP contribution in [0.4, 0.5) is 0 Å². The van der Waals surface area contributed by atoms with E-state index >= 15 is 0 Å². The molecule has 1 saturated heterocycles. The molecule has 1 aliphatic heterocycles. The number of nitrogens with zero attached hydrogens (tertiary/aromatic N) is 2. The lowest BCUT2D eigenvalue weighted by Crippen LogP contribution is -2.48. The van der Waals surface area contributed by atoms with Crippen molar-refractivity contribution in [3.05, 3.63) is 52.4 Å². The molecule has 0 saturated carbocycles. The maximum Gasteiger partial charge on any atom is 0.257 e. The summed E-state index contributed by atoms with van der Waals surface area (Å²) in [4.78, 5) is 26.8. The molecular weight excluding hydrogens is 346 g/mol. The van der Waals surface area contributed by atoms with Gasteiger partial charge in [-0.2, -0.15) is 0 Å². The molecule has 7 heteroatoms. The Kier molecular flexibility index (Phi) is 5.60. The van der Waals surface area contributed by atoms with E-state index in [1.807, 2.05) is 30.9 Å². The van der Waals surface area contributed by atoms with Crippen LogP contribution in [0, 0.1) is 13.8 Å². The summed E-state index contributed by atoms with van der Waals surface area (Å²) in [5.41, 5.74) is 2.59. The number of amides is 2. The molecular formula is C20H25N3O4. The second-order valence-electron chi connectivity index (χ2n) is 7.05. The summed E-state index contributed by atoms with van der Waals surface area (Å²) in [6.45, 7) is 8.95. The van der Waals surface area contributed by atoms with Crippen molar-refractivity contribution in [2.24, 2.45) is 0 Å². The first-order chi connectivity index (χ1) is 12.8. The Hall–Kier alpha value is -2.67. The quantitative estimate of drug-likeness (QED) is 0.892. The topological polar surface area (TPSA) is 84.7 Å². The van der Waals surface area contributed by atoms with Crippen molar-refractivity contribution in [3.8, 4) is 0 Å². The molecule has 0 bridgehead atoms. The average Bonchev–Trinajstić information content (AvgIpc) is 2.97. The molecule has 1 aromatic carbocycles. The highest BCUT2D eigenvalue weighted by atomic mass is 16.5. The van der Waals surface area contributed by atoms with E-state index in [-0.39, 0.29) is 24.0 Å². The van der Waals surface area contributed by atoms with Crippen LogP contribution in [0.25, 0.3) is 0 Å². The number of aromatic nitrogens is 1. The monoisotopic (exact) mass is 371 g/mol. The van der Waals surface area contributed by atoms with E-state index in [1.165, 1.54) is 0 Å². The van der Waals surface area contributed by atoms with Crippen LogP contribution >= 0.6 is 0 Å². The van der Waals surface area contributed by atoms with Crippen LogP contribution in [0.1, 0.15) is 51.6 Å². The van der Waals surface area contributed by atoms with Gasteiger partial charge in [0.1, 0.15) is 11.3 Å². The number of morpholine rings is 1. The van der Waals surface area contributed by atoms with Crippen molar-refractivity contribution in [1.29, 1.82) is 0 Å². The standard InChI is InChI=1S/C20H25N3O4/c1-12-10-23(11-13(2)26-12)20(25)17-7-5-16(6-8-17)9-21-19(24)18-14(3)22-27-15(18)4/h5-8,12-13H,9-11H2,1-4H3,(H,21,24)/t12-,13-/m1/s1. The Morgan fingerprint density at radius 2 is 1.78 bits per heavy atom. The number of ether oxygens (including phenoxy) is 1. The smallest absolute Gasteiger partial charge is 0.257 e. The molecule has 0 aliphatic carbocycles. The van der Waals surface area contributed by atoms with E-state index in [2.05, 4.69) is 10.5 Å². The van der Waals surface area contributed by atoms with Gasteiger partial charge in [-0.1, -0.05) is 17.3 Å². The number of benzene rings is 1. The third kappa shape index (κ3) is 4.36. The largest absolute Gasteiger partial charge is 0.372 e. The number of nitrogens with one attached hydrogen (secondary N) is 1. The molecule has 2 amide bonds. The zero-order valence-corrected chi connectivity index (χ0v) is 16.1. The summed E-state index contributed by atoms with van der Waals surface area (Å²) in [5.74, 6) is 0.283. The zero-order chi connectivity index (χ0) is 19.6. The fourth-order valence-corrected chi connectivity index (χ4v) is 3.37. The highest BCUT2D eigenvalue weighted by Crippen LogP contribution is 2.16. The Bertz CT molecular complexity index is 799. The number of rotatable bonds is 4. The number of aryl methyl sites for hydroxylation is 2. The molecule has 0 unspecified atom stereocenters. The van der Waals surface area contributed by atoms with Gasteiger partial charge in [-0.05, 0) is 45.4 Å². The summed E-state index contributed by atoms with van der Waals surface area (Å²) < 4.78 is 10.7. The molecule has 1 aromatic heterocycles. The lowest BCUT2D eigenvalue weighted by atomic mass is 10.1. The van der Waals surface area contributed by atoms with E-state index in [0.717, 1.165) is 5.56 Å². The summed E-state index contributed by atoms with van der Waals surface area (Å²) in [6, 6.07) is 7.30. The van der Waals surface area contributed by atoms with Gasteiger partial charge in [0, 0.05) is 25.2 Å². The molecule has 27 heavy (non-hydrogen) atoms. The fraction of sp³-hybridized carbons (Fsp3) is 0.450. The van der Waals surface area contributed by atoms with Crippen molar-refractivity contribution < 1.29 is 18.8 Å². The first-order valence-corrected chi connectivity index (χ1v) is 9.10. The summed E-state index contributed by atoms with van der Waals surface area (Å²) in [7, 11) is 0. The van der Waals surface area contributed by atoms with E-state index in [1.54, 1.807) is 26.0 Å². The van der Waals surface area contributed by atoms with Crippen LogP contribution < -0.4 is 5.32 Å². The predicted octanol–water partition coefficient (Wildman–Crippen LogP) is 2.47. The van der Waals surface area contributed by atoms with Crippen LogP contribution in [-0.4, -0.2) is 47.2 Å². The van der Waals surface area contributed by atoms with Crippen molar-refractivity contribution >= 4 is 11.8 Å². The van der Waals surface area contributed by atoms with E-state index in [9.17, 15) is 9.59 Å². The van der Waals surface area contributed by atoms with E-state index in [0.29, 0.717) is 42.2 Å². The van der Waals surface area contributed by atoms with Gasteiger partial charge in [0.05, 0.1) is 17.9 Å². The molecule has 1 N–H and O–H groups in total. The van der Waals surface area contributed by atoms with Crippen LogP contribution in [0.15, 0.2) is 28.8 Å². The van der Waals surface area contributed by atoms with Crippen molar-refractivity contribution in [2.45, 2.75) is 46.4 Å². The van der Waals surface area contributed by atoms with Crippen LogP contribution in [0.2, 0.25) is 0 Å². The van der Waals surface area contributed by atoms with E-state index in [4.69, 9.17) is 9.26 Å². The minimum absolute atomic E-state index is 0.00306. The van der Waals surface area contributed by atoms with Crippen LogP contribution in [-0.2, 0) is 11.3 Å². The predicted molar refractivity (Wildman–Crippen MR) is 99.5 cm³/mol. The van der Waals surface area contributed by atoms with Gasteiger partial charge in [0.15, 0.2) is 0 Å². The minimum atomic E-state index is -0.220. The molecule has 7 nitrogen and oxygen atoms in total. The molecule has 1 aliphatic rings. The van der Waals surface area contributed by atoms with Crippen molar-refractivity contribution in [2.75, 3.05) is 13.1 Å². The first-order valence-electron chi connectivity index (χ1n) is 9.10. The number of carbonyl (C=O) groups excluding carboxylic acids is 2. The maximum absolute atomic E-state index is 12.7. The number of hydrogen-bond donors (Lipinski definition) is 1. The van der Waals surface area contributed by atoms with Crippen molar-refractivity contribution in [3.63, 3.8) is 0 Å². The Balaban J connectivity index is 1.60. The third-order valence-electron chi connectivity index (χ3n) is 4.62. The van der Waals surface area contributed by atoms with Gasteiger partial charge in [-0.3, -0.25) is 9.59 Å². The second kappa shape index (κ2) is 7.92. The SMILES string of the molecule is Cc1noc(C)c1C(=O)NCc1ccc(C(=O)N2C[C@@H](C)O[C@H](C)C2)cc1. The lowest BCUT2D eigenvalue weighted by Gasteiger charge is -2.35. The molecule has 2 heterocycles. The normalized spacial score (nSPS) is 19.8. The summed E-state index contributed by atoms with van der Waals surface area (Å²) in [5, 5.41) is 6.65. The highest BCUT2D eigenvalue weighted by molar-refractivity contribution is 5.96. The molecule has 2 atom stereocenters. The average molecular weight is 371 g/mol. The Morgan fingerprint density at radius 1 is 1.15 bits per heavy atom. The van der Waals surface area contributed by atoms with Gasteiger partial charge in [0.2, 0.25) is 0 Å². The lowest BCUT2D eigenvalue weighted by molar-refractivity contribution is -0.0586. The third-order valence-corrected chi connectivity index (χ3v) is 4.62. The highest BCUT2D eigenvalue weighted by Gasteiger charge is 2.26. The van der Waals surface area contributed by atoms with Gasteiger partial charge < -0.3 is 19.5 Å². The number of carbonyl (C=O) groups is 2. The second-order valence-corrected chi connectivity index (χ2v) is 7.05. The Labute approximate surface area is 158 Å². The minimum Gasteiger partial charge on any atom is -0.372 e. The van der Waals surface area contributed by atoms with E-state index < -0.39 is 0 Å². The molecule has 1 fully saturated rings. The van der Waals surface area contributed by atoms with Crippen molar-refractivity contribution in [1.82, 2.24) is 15.4 Å². The molecule has 2 aromatic rings.